The van der Waals surface area contributed by atoms with E-state index in [9.17, 15) is 4.79 Å². The predicted octanol–water partition coefficient (Wildman–Crippen LogP) is 1.24. The van der Waals surface area contributed by atoms with Crippen LogP contribution in [0.15, 0.2) is 0 Å². The van der Waals surface area contributed by atoms with Gasteiger partial charge in [0.15, 0.2) is 5.78 Å². The van der Waals surface area contributed by atoms with Crippen molar-refractivity contribution in [1.82, 2.24) is 9.80 Å². The summed E-state index contributed by atoms with van der Waals surface area (Å²) in [5.41, 5.74) is 0. The number of rotatable bonds is 3. The Morgan fingerprint density at radius 1 is 1.20 bits per heavy atom. The zero-order valence-electron chi connectivity index (χ0n) is 10.7. The van der Waals surface area contributed by atoms with Gasteiger partial charge in [0, 0.05) is 31.6 Å². The first kappa shape index (κ1) is 12.7. The molecule has 0 aliphatic carbocycles. The van der Waals surface area contributed by atoms with E-state index in [1.54, 1.807) is 0 Å². The summed E-state index contributed by atoms with van der Waals surface area (Å²) in [4.78, 5) is 16.7. The molecule has 1 aliphatic heterocycles. The molecule has 1 atom stereocenters. The number of Topliss-reactive ketones (excluding diaryl/α,β-unsaturated/α-hetero) is 1. The van der Waals surface area contributed by atoms with E-state index in [0.717, 1.165) is 19.6 Å². The average molecular weight is 212 g/mol. The molecule has 1 heterocycles. The Morgan fingerprint density at radius 3 is 2.27 bits per heavy atom. The second kappa shape index (κ2) is 5.08. The van der Waals surface area contributed by atoms with Crippen LogP contribution in [0, 0.1) is 5.92 Å². The van der Waals surface area contributed by atoms with Crippen LogP contribution in [0.4, 0.5) is 0 Å². The van der Waals surface area contributed by atoms with Crippen LogP contribution in [-0.4, -0.2) is 54.3 Å². The molecule has 0 amide bonds. The van der Waals surface area contributed by atoms with Gasteiger partial charge in [-0.05, 0) is 20.9 Å². The monoisotopic (exact) mass is 212 g/mol. The van der Waals surface area contributed by atoms with Gasteiger partial charge in [-0.15, -0.1) is 0 Å². The van der Waals surface area contributed by atoms with Crippen LogP contribution < -0.4 is 0 Å². The zero-order valence-corrected chi connectivity index (χ0v) is 10.7. The van der Waals surface area contributed by atoms with Crippen molar-refractivity contribution in [2.24, 2.45) is 5.92 Å². The largest absolute Gasteiger partial charge is 0.303 e. The molecule has 0 spiro atoms. The van der Waals surface area contributed by atoms with Gasteiger partial charge < -0.3 is 4.90 Å². The summed E-state index contributed by atoms with van der Waals surface area (Å²) in [7, 11) is 2.10. The normalized spacial score (nSPS) is 25.1. The first-order chi connectivity index (χ1) is 6.93. The lowest BCUT2D eigenvalue weighted by molar-refractivity contribution is -0.130. The minimum Gasteiger partial charge on any atom is -0.303 e. The SMILES string of the molecule is CC(C)C(=O)C1CN(C)CCN1C(C)C. The maximum atomic E-state index is 12.1. The molecule has 0 radical (unpaired) electrons. The highest BCUT2D eigenvalue weighted by Crippen LogP contribution is 2.16. The summed E-state index contributed by atoms with van der Waals surface area (Å²) in [6.45, 7) is 11.3. The van der Waals surface area contributed by atoms with E-state index in [4.69, 9.17) is 0 Å². The second-order valence-electron chi connectivity index (χ2n) is 5.17. The number of carbonyl (C=O) groups is 1. The van der Waals surface area contributed by atoms with Gasteiger partial charge in [-0.25, -0.2) is 0 Å². The highest BCUT2D eigenvalue weighted by Gasteiger charge is 2.33. The van der Waals surface area contributed by atoms with Crippen LogP contribution in [0.1, 0.15) is 27.7 Å². The van der Waals surface area contributed by atoms with Gasteiger partial charge in [0.1, 0.15) is 0 Å². The van der Waals surface area contributed by atoms with Crippen molar-refractivity contribution in [3.05, 3.63) is 0 Å². The lowest BCUT2D eigenvalue weighted by Gasteiger charge is -2.42. The number of nitrogens with zero attached hydrogens (tertiary/aromatic N) is 2. The van der Waals surface area contributed by atoms with Crippen LogP contribution in [0.3, 0.4) is 0 Å². The molecule has 0 N–H and O–H groups in total. The molecule has 0 bridgehead atoms. The minimum absolute atomic E-state index is 0.101. The molecule has 0 saturated carbocycles. The number of likely N-dealkylation sites (N-methyl/N-ethyl adjacent to an activating group) is 1. The molecule has 0 aromatic carbocycles. The minimum atomic E-state index is 0.101. The Bertz CT molecular complexity index is 226. The molecule has 1 aliphatic rings. The second-order valence-corrected chi connectivity index (χ2v) is 5.17. The summed E-state index contributed by atoms with van der Waals surface area (Å²) in [6.07, 6.45) is 0. The Morgan fingerprint density at radius 2 is 1.80 bits per heavy atom. The van der Waals surface area contributed by atoms with Gasteiger partial charge in [-0.1, -0.05) is 13.8 Å². The van der Waals surface area contributed by atoms with E-state index in [1.165, 1.54) is 0 Å². The molecule has 0 aromatic heterocycles. The quantitative estimate of drug-likeness (QED) is 0.703. The fraction of sp³-hybridized carbons (Fsp3) is 0.917. The lowest BCUT2D eigenvalue weighted by atomic mass is 9.97. The number of ketones is 1. The fourth-order valence-corrected chi connectivity index (χ4v) is 2.19. The lowest BCUT2D eigenvalue weighted by Crippen LogP contribution is -2.58. The Hall–Kier alpha value is -0.410. The van der Waals surface area contributed by atoms with Crippen molar-refractivity contribution in [3.8, 4) is 0 Å². The van der Waals surface area contributed by atoms with Gasteiger partial charge in [0.2, 0.25) is 0 Å². The van der Waals surface area contributed by atoms with E-state index in [-0.39, 0.29) is 12.0 Å². The standard InChI is InChI=1S/C12H24N2O/c1-9(2)12(15)11-8-13(5)6-7-14(11)10(3)4/h9-11H,6-8H2,1-5H3. The molecule has 1 rings (SSSR count). The van der Waals surface area contributed by atoms with E-state index < -0.39 is 0 Å². The first-order valence-corrected chi connectivity index (χ1v) is 5.91. The van der Waals surface area contributed by atoms with Crippen LogP contribution in [0.2, 0.25) is 0 Å². The molecule has 1 saturated heterocycles. The molecule has 0 aromatic rings. The van der Waals surface area contributed by atoms with Gasteiger partial charge >= 0.3 is 0 Å². The third kappa shape index (κ3) is 3.02. The molecule has 3 heteroatoms. The topological polar surface area (TPSA) is 23.6 Å². The van der Waals surface area contributed by atoms with Crippen LogP contribution >= 0.6 is 0 Å². The van der Waals surface area contributed by atoms with Crippen molar-refractivity contribution in [2.45, 2.75) is 39.8 Å². The van der Waals surface area contributed by atoms with E-state index in [0.29, 0.717) is 11.8 Å². The highest BCUT2D eigenvalue weighted by molar-refractivity contribution is 5.86. The fourth-order valence-electron chi connectivity index (χ4n) is 2.19. The van der Waals surface area contributed by atoms with E-state index in [1.807, 2.05) is 13.8 Å². The van der Waals surface area contributed by atoms with Crippen LogP contribution in [0.25, 0.3) is 0 Å². The molecule has 88 valence electrons. The average Bonchev–Trinajstić information content (AvgIpc) is 2.15. The number of piperazine rings is 1. The molecule has 1 fully saturated rings. The summed E-state index contributed by atoms with van der Waals surface area (Å²) in [5, 5.41) is 0. The zero-order chi connectivity index (χ0) is 11.6. The summed E-state index contributed by atoms with van der Waals surface area (Å²) in [6, 6.07) is 0.565. The predicted molar refractivity (Wildman–Crippen MR) is 63.0 cm³/mol. The van der Waals surface area contributed by atoms with Crippen molar-refractivity contribution in [3.63, 3.8) is 0 Å². The smallest absolute Gasteiger partial charge is 0.153 e. The maximum Gasteiger partial charge on any atom is 0.153 e. The first-order valence-electron chi connectivity index (χ1n) is 5.91. The third-order valence-corrected chi connectivity index (χ3v) is 3.19. The van der Waals surface area contributed by atoms with Crippen molar-refractivity contribution in [1.29, 1.82) is 0 Å². The molecular formula is C12H24N2O. The Balaban J connectivity index is 2.74. The van der Waals surface area contributed by atoms with Gasteiger partial charge in [0.25, 0.3) is 0 Å². The Kier molecular flexibility index (Phi) is 4.29. The third-order valence-electron chi connectivity index (χ3n) is 3.19. The number of hydrogen-bond acceptors (Lipinski definition) is 3. The van der Waals surface area contributed by atoms with Crippen LogP contribution in [0.5, 0.6) is 0 Å². The van der Waals surface area contributed by atoms with Crippen molar-refractivity contribution in [2.75, 3.05) is 26.7 Å². The van der Waals surface area contributed by atoms with Crippen molar-refractivity contribution < 1.29 is 4.79 Å². The molecule has 1 unspecified atom stereocenters. The van der Waals surface area contributed by atoms with Gasteiger partial charge in [-0.3, -0.25) is 9.69 Å². The van der Waals surface area contributed by atoms with Gasteiger partial charge in [0.05, 0.1) is 6.04 Å². The highest BCUT2D eigenvalue weighted by atomic mass is 16.1. The summed E-state index contributed by atoms with van der Waals surface area (Å²) < 4.78 is 0. The number of hydrogen-bond donors (Lipinski definition) is 0. The molecule has 3 nitrogen and oxygen atoms in total. The van der Waals surface area contributed by atoms with Crippen LogP contribution in [-0.2, 0) is 4.79 Å². The number of carbonyl (C=O) groups excluding carboxylic acids is 1. The molecule has 15 heavy (non-hydrogen) atoms. The summed E-state index contributed by atoms with van der Waals surface area (Å²) >= 11 is 0. The Labute approximate surface area is 93.4 Å². The van der Waals surface area contributed by atoms with Crippen molar-refractivity contribution >= 4 is 5.78 Å². The van der Waals surface area contributed by atoms with Gasteiger partial charge in [-0.2, -0.15) is 0 Å². The van der Waals surface area contributed by atoms with E-state index in [2.05, 4.69) is 30.7 Å². The molecular weight excluding hydrogens is 188 g/mol. The maximum absolute atomic E-state index is 12.1. The van der Waals surface area contributed by atoms with E-state index >= 15 is 0 Å². The summed E-state index contributed by atoms with van der Waals surface area (Å²) in [5.74, 6) is 0.526.